The van der Waals surface area contributed by atoms with Crippen molar-refractivity contribution in [3.63, 3.8) is 0 Å². The Bertz CT molecular complexity index is 533. The van der Waals surface area contributed by atoms with E-state index in [1.165, 1.54) is 4.90 Å². The molecule has 3 aliphatic rings. The standard InChI is InChI=1S/C14H18BN3O/c1-13(9-4-3-5-10(15)8-9)14(6-7-14)11(19)18(2)12(16)17-13/h3,5,8-9H,4,6-7H2,1-2H3,(H2,16,17)/t9?,13-/m1/s1. The largest absolute Gasteiger partial charge is 0.369 e. The Labute approximate surface area is 114 Å². The van der Waals surface area contributed by atoms with Gasteiger partial charge in [-0.1, -0.05) is 18.2 Å². The molecule has 2 radical (unpaired) electrons. The third-order valence-corrected chi connectivity index (χ3v) is 4.94. The topological polar surface area (TPSA) is 58.7 Å². The zero-order valence-electron chi connectivity index (χ0n) is 11.4. The van der Waals surface area contributed by atoms with E-state index in [1.807, 2.05) is 19.1 Å². The molecule has 98 valence electrons. The highest BCUT2D eigenvalue weighted by Gasteiger charge is 2.67. The summed E-state index contributed by atoms with van der Waals surface area (Å²) in [4.78, 5) is 18.7. The molecule has 0 aromatic rings. The maximum atomic E-state index is 12.6. The van der Waals surface area contributed by atoms with Gasteiger partial charge in [0.15, 0.2) is 5.96 Å². The summed E-state index contributed by atoms with van der Waals surface area (Å²) < 4.78 is 0. The molecule has 5 heteroatoms. The molecule has 1 heterocycles. The predicted molar refractivity (Wildman–Crippen MR) is 75.5 cm³/mol. The maximum Gasteiger partial charge on any atom is 0.237 e. The van der Waals surface area contributed by atoms with Gasteiger partial charge in [0.05, 0.1) is 11.0 Å². The Kier molecular flexibility index (Phi) is 2.47. The van der Waals surface area contributed by atoms with Gasteiger partial charge in [0.25, 0.3) is 0 Å². The van der Waals surface area contributed by atoms with Crippen molar-refractivity contribution >= 4 is 19.7 Å². The average Bonchev–Trinajstić information content (AvgIpc) is 3.17. The van der Waals surface area contributed by atoms with E-state index in [2.05, 4.69) is 11.1 Å². The monoisotopic (exact) mass is 255 g/mol. The lowest BCUT2D eigenvalue weighted by atomic mass is 9.67. The van der Waals surface area contributed by atoms with Crippen molar-refractivity contribution in [2.75, 3.05) is 7.05 Å². The van der Waals surface area contributed by atoms with E-state index in [9.17, 15) is 4.79 Å². The van der Waals surface area contributed by atoms with E-state index in [1.54, 1.807) is 7.05 Å². The minimum atomic E-state index is -0.476. The summed E-state index contributed by atoms with van der Waals surface area (Å²) in [6.45, 7) is 2.05. The molecule has 0 aromatic carbocycles. The van der Waals surface area contributed by atoms with Crippen LogP contribution in [0.2, 0.25) is 0 Å². The molecule has 1 spiro atoms. The minimum Gasteiger partial charge on any atom is -0.369 e. The molecule has 1 unspecified atom stereocenters. The number of amides is 1. The van der Waals surface area contributed by atoms with E-state index in [0.29, 0.717) is 5.96 Å². The molecule has 19 heavy (non-hydrogen) atoms. The van der Waals surface area contributed by atoms with Crippen LogP contribution in [0.25, 0.3) is 0 Å². The van der Waals surface area contributed by atoms with Crippen molar-refractivity contribution in [1.29, 1.82) is 0 Å². The van der Waals surface area contributed by atoms with Crippen LogP contribution in [0.1, 0.15) is 26.2 Å². The SMILES string of the molecule is [B]C1=CC([C@@]2(C)N=C(N)N(C)C(=O)C23CC3)CC=C1. The third-order valence-electron chi connectivity index (χ3n) is 4.94. The second-order valence-electron chi connectivity index (χ2n) is 5.98. The normalized spacial score (nSPS) is 36.2. The number of guanidine groups is 1. The first-order valence-electron chi connectivity index (χ1n) is 6.68. The molecule has 0 aromatic heterocycles. The van der Waals surface area contributed by atoms with Crippen LogP contribution in [0.15, 0.2) is 28.7 Å². The fourth-order valence-electron chi connectivity index (χ4n) is 3.44. The highest BCUT2D eigenvalue weighted by atomic mass is 16.2. The number of nitrogens with two attached hydrogens (primary N) is 1. The van der Waals surface area contributed by atoms with Crippen molar-refractivity contribution < 1.29 is 4.79 Å². The molecule has 0 bridgehead atoms. The van der Waals surface area contributed by atoms with Crippen molar-refractivity contribution in [1.82, 2.24) is 4.90 Å². The van der Waals surface area contributed by atoms with Crippen LogP contribution < -0.4 is 5.73 Å². The van der Waals surface area contributed by atoms with Crippen molar-refractivity contribution in [3.05, 3.63) is 23.7 Å². The van der Waals surface area contributed by atoms with Gasteiger partial charge in [0.2, 0.25) is 5.91 Å². The number of hydrogen-bond donors (Lipinski definition) is 1. The summed E-state index contributed by atoms with van der Waals surface area (Å²) in [5.74, 6) is 0.548. The van der Waals surface area contributed by atoms with Crippen LogP contribution in [0.4, 0.5) is 0 Å². The quantitative estimate of drug-likeness (QED) is 0.709. The van der Waals surface area contributed by atoms with Gasteiger partial charge in [-0.05, 0) is 26.2 Å². The number of hydrogen-bond acceptors (Lipinski definition) is 3. The second kappa shape index (κ2) is 3.75. The Morgan fingerprint density at radius 2 is 2.21 bits per heavy atom. The summed E-state index contributed by atoms with van der Waals surface area (Å²) >= 11 is 0. The van der Waals surface area contributed by atoms with Crippen LogP contribution in [0.5, 0.6) is 0 Å². The lowest BCUT2D eigenvalue weighted by molar-refractivity contribution is -0.136. The van der Waals surface area contributed by atoms with Crippen molar-refractivity contribution in [3.8, 4) is 0 Å². The predicted octanol–water partition coefficient (Wildman–Crippen LogP) is 0.940. The summed E-state index contributed by atoms with van der Waals surface area (Å²) in [5.41, 5.74) is 5.81. The van der Waals surface area contributed by atoms with Gasteiger partial charge in [0.1, 0.15) is 7.85 Å². The van der Waals surface area contributed by atoms with E-state index in [4.69, 9.17) is 13.6 Å². The molecule has 0 saturated heterocycles. The first-order valence-corrected chi connectivity index (χ1v) is 6.68. The zero-order valence-corrected chi connectivity index (χ0v) is 11.4. The van der Waals surface area contributed by atoms with Crippen molar-refractivity contribution in [2.45, 2.75) is 31.7 Å². The first-order chi connectivity index (χ1) is 8.91. The summed E-state index contributed by atoms with van der Waals surface area (Å²) in [7, 11) is 7.60. The number of nitrogens with zero attached hydrogens (tertiary/aromatic N) is 2. The number of rotatable bonds is 1. The minimum absolute atomic E-state index is 0.101. The smallest absolute Gasteiger partial charge is 0.237 e. The lowest BCUT2D eigenvalue weighted by Crippen LogP contribution is -2.59. The molecular formula is C14H18BN3O. The fraction of sp³-hybridized carbons (Fsp3) is 0.571. The molecule has 4 nitrogen and oxygen atoms in total. The molecule has 1 saturated carbocycles. The second-order valence-corrected chi connectivity index (χ2v) is 5.98. The summed E-state index contributed by atoms with van der Waals surface area (Å²) in [6.07, 6.45) is 8.61. The highest BCUT2D eigenvalue weighted by molar-refractivity contribution is 6.23. The molecule has 1 aliphatic heterocycles. The van der Waals surface area contributed by atoms with Gasteiger partial charge in [0, 0.05) is 13.0 Å². The van der Waals surface area contributed by atoms with E-state index >= 15 is 0 Å². The number of carbonyl (C=O) groups is 1. The number of allylic oxidation sites excluding steroid dienone is 3. The van der Waals surface area contributed by atoms with E-state index in [-0.39, 0.29) is 17.2 Å². The number of aliphatic imine (C=N–C) groups is 1. The van der Waals surface area contributed by atoms with Gasteiger partial charge in [-0.3, -0.25) is 9.69 Å². The molecule has 2 atom stereocenters. The number of carbonyl (C=O) groups excluding carboxylic acids is 1. The highest BCUT2D eigenvalue weighted by Crippen LogP contribution is 2.61. The Balaban J connectivity index is 2.07. The molecular weight excluding hydrogens is 237 g/mol. The van der Waals surface area contributed by atoms with Crippen LogP contribution in [0.3, 0.4) is 0 Å². The first kappa shape index (κ1) is 12.5. The fourth-order valence-corrected chi connectivity index (χ4v) is 3.44. The van der Waals surface area contributed by atoms with Crippen LogP contribution in [-0.4, -0.2) is 37.2 Å². The molecule has 2 N–H and O–H groups in total. The summed E-state index contributed by atoms with van der Waals surface area (Å²) in [6, 6.07) is 0. The van der Waals surface area contributed by atoms with Gasteiger partial charge in [-0.15, -0.1) is 5.47 Å². The summed E-state index contributed by atoms with van der Waals surface area (Å²) in [5, 5.41) is 0. The zero-order chi connectivity index (χ0) is 13.8. The average molecular weight is 255 g/mol. The van der Waals surface area contributed by atoms with Crippen molar-refractivity contribution in [2.24, 2.45) is 22.1 Å². The molecule has 3 rings (SSSR count). The van der Waals surface area contributed by atoms with Gasteiger partial charge in [-0.25, -0.2) is 4.99 Å². The maximum absolute atomic E-state index is 12.6. The third kappa shape index (κ3) is 1.53. The van der Waals surface area contributed by atoms with E-state index in [0.717, 1.165) is 24.7 Å². The van der Waals surface area contributed by atoms with Gasteiger partial charge < -0.3 is 5.73 Å². The molecule has 1 fully saturated rings. The van der Waals surface area contributed by atoms with E-state index < -0.39 is 5.54 Å². The molecule has 1 amide bonds. The van der Waals surface area contributed by atoms with Crippen LogP contribution in [0, 0.1) is 11.3 Å². The van der Waals surface area contributed by atoms with Crippen LogP contribution in [-0.2, 0) is 4.79 Å². The lowest BCUT2D eigenvalue weighted by Gasteiger charge is -2.45. The van der Waals surface area contributed by atoms with Gasteiger partial charge >= 0.3 is 0 Å². The van der Waals surface area contributed by atoms with Gasteiger partial charge in [-0.2, -0.15) is 0 Å². The Morgan fingerprint density at radius 3 is 2.79 bits per heavy atom. The Hall–Kier alpha value is -1.52. The van der Waals surface area contributed by atoms with Crippen LogP contribution >= 0.6 is 0 Å². The molecule has 2 aliphatic carbocycles. The Morgan fingerprint density at radius 1 is 1.53 bits per heavy atom.